The van der Waals surface area contributed by atoms with Crippen LogP contribution in [-0.4, -0.2) is 11.9 Å². The number of hydrogen-bond acceptors (Lipinski definition) is 4. The Morgan fingerprint density at radius 1 is 1.55 bits per heavy atom. The molecule has 0 saturated heterocycles. The van der Waals surface area contributed by atoms with Crippen LogP contribution in [0.2, 0.25) is 0 Å². The fourth-order valence-electron chi connectivity index (χ4n) is 0.509. The maximum Gasteiger partial charge on any atom is 0.229 e. The number of azide groups is 1. The van der Waals surface area contributed by atoms with E-state index < -0.39 is 0 Å². The van der Waals surface area contributed by atoms with Crippen LogP contribution in [0, 0.1) is 0 Å². The minimum absolute atomic E-state index is 0.00463. The smallest absolute Gasteiger partial charge is 0.229 e. The summed E-state index contributed by atoms with van der Waals surface area (Å²) in [7, 11) is 0. The standard InChI is InChI=1S/C5H5N3O3/c6-8-7-4-1-10-3-11-2-5(4)9/h1-2,9H,3H2. The predicted octanol–water partition coefficient (Wildman–Crippen LogP) is 1.54. The molecule has 6 heteroatoms. The van der Waals surface area contributed by atoms with Crippen molar-refractivity contribution in [2.45, 2.75) is 0 Å². The molecule has 0 aromatic heterocycles. The zero-order chi connectivity index (χ0) is 8.10. The topological polar surface area (TPSA) is 87.5 Å². The second kappa shape index (κ2) is 3.38. The molecule has 1 aliphatic heterocycles. The monoisotopic (exact) mass is 155 g/mol. The normalized spacial score (nSPS) is 16.0. The molecule has 0 amide bonds. The first-order chi connectivity index (χ1) is 5.34. The number of nitrogens with zero attached hydrogens (tertiary/aromatic N) is 3. The molecule has 58 valence electrons. The van der Waals surface area contributed by atoms with Gasteiger partial charge in [0.05, 0.1) is 0 Å². The van der Waals surface area contributed by atoms with Gasteiger partial charge in [0.2, 0.25) is 6.79 Å². The molecule has 1 aliphatic rings. The van der Waals surface area contributed by atoms with E-state index in [1.54, 1.807) is 0 Å². The minimum atomic E-state index is -0.250. The molecule has 0 aliphatic carbocycles. The van der Waals surface area contributed by atoms with E-state index in [2.05, 4.69) is 19.5 Å². The fraction of sp³-hybridized carbons (Fsp3) is 0.200. The Labute approximate surface area is 62.0 Å². The van der Waals surface area contributed by atoms with E-state index in [0.717, 1.165) is 12.5 Å². The average molecular weight is 155 g/mol. The molecular weight excluding hydrogens is 150 g/mol. The molecule has 6 nitrogen and oxygen atoms in total. The number of aliphatic hydroxyl groups is 1. The first-order valence-electron chi connectivity index (χ1n) is 2.72. The predicted molar refractivity (Wildman–Crippen MR) is 35.0 cm³/mol. The molecule has 0 saturated carbocycles. The summed E-state index contributed by atoms with van der Waals surface area (Å²) < 4.78 is 9.28. The van der Waals surface area contributed by atoms with Crippen LogP contribution in [0.15, 0.2) is 29.1 Å². The van der Waals surface area contributed by atoms with E-state index in [4.69, 9.17) is 10.6 Å². The highest BCUT2D eigenvalue weighted by molar-refractivity contribution is 5.20. The van der Waals surface area contributed by atoms with Gasteiger partial charge in [0.1, 0.15) is 18.2 Å². The maximum absolute atomic E-state index is 9.00. The van der Waals surface area contributed by atoms with Crippen molar-refractivity contribution < 1.29 is 14.6 Å². The number of rotatable bonds is 1. The van der Waals surface area contributed by atoms with Gasteiger partial charge in [0.25, 0.3) is 0 Å². The summed E-state index contributed by atoms with van der Waals surface area (Å²) in [5, 5.41) is 12.1. The van der Waals surface area contributed by atoms with E-state index in [0.29, 0.717) is 0 Å². The largest absolute Gasteiger partial charge is 0.504 e. The van der Waals surface area contributed by atoms with E-state index in [1.165, 1.54) is 0 Å². The lowest BCUT2D eigenvalue weighted by Crippen LogP contribution is -1.84. The first-order valence-corrected chi connectivity index (χ1v) is 2.72. The van der Waals surface area contributed by atoms with Crippen molar-refractivity contribution in [2.75, 3.05) is 6.79 Å². The van der Waals surface area contributed by atoms with Crippen molar-refractivity contribution in [3.63, 3.8) is 0 Å². The molecule has 11 heavy (non-hydrogen) atoms. The molecule has 0 spiro atoms. The van der Waals surface area contributed by atoms with Crippen molar-refractivity contribution in [2.24, 2.45) is 5.11 Å². The van der Waals surface area contributed by atoms with Gasteiger partial charge >= 0.3 is 0 Å². The summed E-state index contributed by atoms with van der Waals surface area (Å²) in [5.41, 5.74) is 8.02. The molecule has 0 fully saturated rings. The number of ether oxygens (including phenoxy) is 2. The van der Waals surface area contributed by atoms with Crippen molar-refractivity contribution >= 4 is 0 Å². The Hall–Kier alpha value is -1.81. The molecule has 0 radical (unpaired) electrons. The Bertz CT molecular complexity index is 252. The molecule has 1 rings (SSSR count). The second-order valence-corrected chi connectivity index (χ2v) is 1.65. The highest BCUT2D eigenvalue weighted by Crippen LogP contribution is 2.11. The lowest BCUT2D eigenvalue weighted by atomic mass is 10.4. The van der Waals surface area contributed by atoms with E-state index in [-0.39, 0.29) is 18.2 Å². The molecule has 0 bridgehead atoms. The van der Waals surface area contributed by atoms with Crippen LogP contribution in [0.1, 0.15) is 0 Å². The van der Waals surface area contributed by atoms with Crippen LogP contribution >= 0.6 is 0 Å². The summed E-state index contributed by atoms with van der Waals surface area (Å²) in [4.78, 5) is 2.47. The van der Waals surface area contributed by atoms with Gasteiger partial charge in [0, 0.05) is 4.91 Å². The van der Waals surface area contributed by atoms with Gasteiger partial charge in [0.15, 0.2) is 5.76 Å². The molecule has 0 unspecified atom stereocenters. The first kappa shape index (κ1) is 7.30. The summed E-state index contributed by atoms with van der Waals surface area (Å²) >= 11 is 0. The third-order valence-electron chi connectivity index (χ3n) is 0.941. The Morgan fingerprint density at radius 2 is 2.27 bits per heavy atom. The number of hydrogen-bond donors (Lipinski definition) is 1. The molecular formula is C5H5N3O3. The van der Waals surface area contributed by atoms with Crippen LogP contribution < -0.4 is 0 Å². The van der Waals surface area contributed by atoms with Crippen molar-refractivity contribution in [1.29, 1.82) is 0 Å². The van der Waals surface area contributed by atoms with Crippen LogP contribution in [0.4, 0.5) is 0 Å². The summed E-state index contributed by atoms with van der Waals surface area (Å²) in [5.74, 6) is -0.250. The van der Waals surface area contributed by atoms with Crippen LogP contribution in [-0.2, 0) is 9.47 Å². The van der Waals surface area contributed by atoms with Gasteiger partial charge in [-0.2, -0.15) is 0 Å². The SMILES string of the molecule is [N-]=[N+]=NC1=COCOC=C1O. The highest BCUT2D eigenvalue weighted by atomic mass is 16.7. The van der Waals surface area contributed by atoms with Gasteiger partial charge in [-0.1, -0.05) is 5.11 Å². The van der Waals surface area contributed by atoms with Crippen LogP contribution in [0.3, 0.4) is 0 Å². The Morgan fingerprint density at radius 3 is 3.00 bits per heavy atom. The minimum Gasteiger partial charge on any atom is -0.504 e. The zero-order valence-electron chi connectivity index (χ0n) is 5.47. The van der Waals surface area contributed by atoms with Gasteiger partial charge in [-0.05, 0) is 5.53 Å². The summed E-state index contributed by atoms with van der Waals surface area (Å²) in [6, 6.07) is 0. The maximum atomic E-state index is 9.00. The molecule has 0 atom stereocenters. The number of aliphatic hydroxyl groups excluding tert-OH is 1. The van der Waals surface area contributed by atoms with Crippen molar-refractivity contribution in [3.05, 3.63) is 34.4 Å². The van der Waals surface area contributed by atoms with E-state index in [1.807, 2.05) is 0 Å². The van der Waals surface area contributed by atoms with Gasteiger partial charge in [-0.25, -0.2) is 0 Å². The van der Waals surface area contributed by atoms with Crippen molar-refractivity contribution in [1.82, 2.24) is 0 Å². The van der Waals surface area contributed by atoms with E-state index >= 15 is 0 Å². The lowest BCUT2D eigenvalue weighted by Gasteiger charge is -1.93. The van der Waals surface area contributed by atoms with Gasteiger partial charge < -0.3 is 14.6 Å². The third-order valence-corrected chi connectivity index (χ3v) is 0.941. The van der Waals surface area contributed by atoms with E-state index in [9.17, 15) is 0 Å². The molecule has 0 aromatic rings. The summed E-state index contributed by atoms with van der Waals surface area (Å²) in [6.07, 6.45) is 2.17. The van der Waals surface area contributed by atoms with Crippen LogP contribution in [0.5, 0.6) is 0 Å². The molecule has 0 aromatic carbocycles. The Balaban J connectivity index is 2.86. The fourth-order valence-corrected chi connectivity index (χ4v) is 0.509. The third kappa shape index (κ3) is 1.80. The van der Waals surface area contributed by atoms with Crippen molar-refractivity contribution in [3.8, 4) is 0 Å². The zero-order valence-corrected chi connectivity index (χ0v) is 5.47. The summed E-state index contributed by atoms with van der Waals surface area (Å²) in [6.45, 7) is -0.00545. The molecule has 1 heterocycles. The van der Waals surface area contributed by atoms with Gasteiger partial charge in [-0.15, -0.1) is 0 Å². The van der Waals surface area contributed by atoms with Gasteiger partial charge in [-0.3, -0.25) is 0 Å². The highest BCUT2D eigenvalue weighted by Gasteiger charge is 2.04. The Kier molecular flexibility index (Phi) is 2.24. The molecule has 1 N–H and O–H groups in total. The average Bonchev–Trinajstić information content (AvgIpc) is 2.18. The van der Waals surface area contributed by atoms with Crippen LogP contribution in [0.25, 0.3) is 10.4 Å². The second-order valence-electron chi connectivity index (χ2n) is 1.65. The quantitative estimate of drug-likeness (QED) is 0.354. The lowest BCUT2D eigenvalue weighted by molar-refractivity contribution is 0.0462.